The fourth-order valence-corrected chi connectivity index (χ4v) is 2.52. The molecule has 25 heavy (non-hydrogen) atoms. The molecule has 0 atom stereocenters. The predicted molar refractivity (Wildman–Crippen MR) is 105 cm³/mol. The van der Waals surface area contributed by atoms with Crippen molar-refractivity contribution in [1.82, 2.24) is 0 Å². The molecular weight excluding hydrogens is 308 g/mol. The molecule has 0 radical (unpaired) electrons. The number of amidine groups is 1. The van der Waals surface area contributed by atoms with E-state index in [2.05, 4.69) is 55.6 Å². The maximum Gasteiger partial charge on any atom is 0.142 e. The Hall–Kier alpha value is -3.07. The summed E-state index contributed by atoms with van der Waals surface area (Å²) in [7, 11) is 1.67. The Morgan fingerprint density at radius 2 is 1.40 bits per heavy atom. The van der Waals surface area contributed by atoms with Crippen LogP contribution in [0.1, 0.15) is 16.7 Å². The fraction of sp³-hybridized carbons (Fsp3) is 0.136. The van der Waals surface area contributed by atoms with E-state index in [0.717, 1.165) is 28.5 Å². The summed E-state index contributed by atoms with van der Waals surface area (Å²) in [4.78, 5) is 4.82. The average molecular weight is 330 g/mol. The van der Waals surface area contributed by atoms with Crippen molar-refractivity contribution in [3.8, 4) is 5.75 Å². The Labute approximate surface area is 149 Å². The van der Waals surface area contributed by atoms with E-state index in [0.29, 0.717) is 0 Å². The summed E-state index contributed by atoms with van der Waals surface area (Å²) in [6.45, 7) is 4.14. The highest BCUT2D eigenvalue weighted by Gasteiger charge is 2.10. The van der Waals surface area contributed by atoms with Gasteiger partial charge in [-0.3, -0.25) is 0 Å². The number of aliphatic imine (C=N–C) groups is 1. The monoisotopic (exact) mass is 330 g/mol. The van der Waals surface area contributed by atoms with E-state index in [1.165, 1.54) is 11.1 Å². The van der Waals surface area contributed by atoms with Gasteiger partial charge < -0.3 is 10.1 Å². The zero-order valence-electron chi connectivity index (χ0n) is 14.8. The van der Waals surface area contributed by atoms with Crippen molar-refractivity contribution in [2.24, 2.45) is 4.99 Å². The van der Waals surface area contributed by atoms with E-state index in [-0.39, 0.29) is 0 Å². The van der Waals surface area contributed by atoms with Crippen LogP contribution in [0.4, 0.5) is 11.4 Å². The van der Waals surface area contributed by atoms with Gasteiger partial charge in [0.05, 0.1) is 18.4 Å². The summed E-state index contributed by atoms with van der Waals surface area (Å²) in [5.41, 5.74) is 5.24. The molecule has 0 amide bonds. The Morgan fingerprint density at radius 1 is 0.800 bits per heavy atom. The first kappa shape index (κ1) is 16.8. The molecular formula is C22H22N2O. The zero-order valence-corrected chi connectivity index (χ0v) is 14.8. The Kier molecular flexibility index (Phi) is 5.14. The number of rotatable bonds is 4. The second kappa shape index (κ2) is 7.67. The molecule has 0 aliphatic heterocycles. The molecule has 3 aromatic carbocycles. The molecule has 0 heterocycles. The molecule has 1 N–H and O–H groups in total. The van der Waals surface area contributed by atoms with Gasteiger partial charge in [0.25, 0.3) is 0 Å². The van der Waals surface area contributed by atoms with E-state index >= 15 is 0 Å². The minimum atomic E-state index is 0.755. The molecule has 0 saturated heterocycles. The molecule has 0 fully saturated rings. The maximum atomic E-state index is 5.52. The molecule has 3 nitrogen and oxygen atoms in total. The maximum absolute atomic E-state index is 5.52. The van der Waals surface area contributed by atoms with E-state index < -0.39 is 0 Å². The number of nitrogens with zero attached hydrogens (tertiary/aromatic N) is 1. The van der Waals surface area contributed by atoms with Gasteiger partial charge in [-0.05, 0) is 50.2 Å². The molecule has 3 aromatic rings. The standard InChI is InChI=1S/C22H22N2O/c1-16-8-12-18(13-9-16)23-22(20-6-4-5-7-21(20)25-3)24-19-14-10-17(2)11-15-19/h4-15H,1-3H3,(H,23,24). The fourth-order valence-electron chi connectivity index (χ4n) is 2.52. The lowest BCUT2D eigenvalue weighted by Gasteiger charge is -2.14. The number of benzene rings is 3. The van der Waals surface area contributed by atoms with Crippen LogP contribution in [0.25, 0.3) is 0 Å². The third-order valence-electron chi connectivity index (χ3n) is 3.95. The highest BCUT2D eigenvalue weighted by Crippen LogP contribution is 2.23. The number of nitrogens with one attached hydrogen (secondary N) is 1. The summed E-state index contributed by atoms with van der Waals surface area (Å²) in [5.74, 6) is 1.54. The number of ether oxygens (including phenoxy) is 1. The van der Waals surface area contributed by atoms with Crippen molar-refractivity contribution in [1.29, 1.82) is 0 Å². The topological polar surface area (TPSA) is 33.6 Å². The minimum absolute atomic E-state index is 0.755. The molecule has 3 rings (SSSR count). The lowest BCUT2D eigenvalue weighted by Crippen LogP contribution is -2.14. The van der Waals surface area contributed by atoms with E-state index in [9.17, 15) is 0 Å². The summed E-state index contributed by atoms with van der Waals surface area (Å²) in [6.07, 6.45) is 0. The van der Waals surface area contributed by atoms with Crippen LogP contribution in [0.15, 0.2) is 77.8 Å². The molecule has 126 valence electrons. The van der Waals surface area contributed by atoms with Crippen LogP contribution in [-0.2, 0) is 0 Å². The molecule has 0 bridgehead atoms. The van der Waals surface area contributed by atoms with Gasteiger partial charge in [0.2, 0.25) is 0 Å². The van der Waals surface area contributed by atoms with Gasteiger partial charge in [-0.1, -0.05) is 47.5 Å². The van der Waals surface area contributed by atoms with Crippen LogP contribution in [-0.4, -0.2) is 12.9 Å². The Balaban J connectivity index is 2.04. The first-order chi connectivity index (χ1) is 12.2. The van der Waals surface area contributed by atoms with Crippen molar-refractivity contribution in [3.63, 3.8) is 0 Å². The summed E-state index contributed by atoms with van der Waals surface area (Å²) in [6, 6.07) is 24.3. The summed E-state index contributed by atoms with van der Waals surface area (Å²) < 4.78 is 5.52. The molecule has 0 aliphatic rings. The van der Waals surface area contributed by atoms with Gasteiger partial charge in [0, 0.05) is 5.69 Å². The molecule has 0 aromatic heterocycles. The van der Waals surface area contributed by atoms with E-state index in [1.807, 2.05) is 36.4 Å². The quantitative estimate of drug-likeness (QED) is 0.506. The Morgan fingerprint density at radius 3 is 2.04 bits per heavy atom. The molecule has 0 unspecified atom stereocenters. The number of hydrogen-bond donors (Lipinski definition) is 1. The minimum Gasteiger partial charge on any atom is -0.496 e. The van der Waals surface area contributed by atoms with Crippen molar-refractivity contribution in [2.75, 3.05) is 12.4 Å². The SMILES string of the molecule is COc1ccccc1C(=Nc1ccc(C)cc1)Nc1ccc(C)cc1. The van der Waals surface area contributed by atoms with Crippen LogP contribution < -0.4 is 10.1 Å². The average Bonchev–Trinajstić information content (AvgIpc) is 2.64. The predicted octanol–water partition coefficient (Wildman–Crippen LogP) is 5.50. The van der Waals surface area contributed by atoms with Gasteiger partial charge in [-0.2, -0.15) is 0 Å². The molecule has 0 spiro atoms. The van der Waals surface area contributed by atoms with Gasteiger partial charge >= 0.3 is 0 Å². The van der Waals surface area contributed by atoms with Crippen LogP contribution in [0.3, 0.4) is 0 Å². The lowest BCUT2D eigenvalue weighted by molar-refractivity contribution is 0.414. The number of methoxy groups -OCH3 is 1. The number of hydrogen-bond acceptors (Lipinski definition) is 2. The Bertz CT molecular complexity index is 865. The number of aryl methyl sites for hydroxylation is 2. The largest absolute Gasteiger partial charge is 0.496 e. The van der Waals surface area contributed by atoms with Crippen LogP contribution in [0.5, 0.6) is 5.75 Å². The highest BCUT2D eigenvalue weighted by molar-refractivity contribution is 6.11. The first-order valence-electron chi connectivity index (χ1n) is 8.28. The van der Waals surface area contributed by atoms with Crippen molar-refractivity contribution in [3.05, 3.63) is 89.5 Å². The van der Waals surface area contributed by atoms with Gasteiger partial charge in [0.1, 0.15) is 11.6 Å². The second-order valence-electron chi connectivity index (χ2n) is 5.99. The summed E-state index contributed by atoms with van der Waals surface area (Å²) >= 11 is 0. The van der Waals surface area contributed by atoms with Gasteiger partial charge in [0.15, 0.2) is 0 Å². The van der Waals surface area contributed by atoms with Crippen LogP contribution in [0.2, 0.25) is 0 Å². The molecule has 0 aliphatic carbocycles. The first-order valence-corrected chi connectivity index (χ1v) is 8.28. The third-order valence-corrected chi connectivity index (χ3v) is 3.95. The number of anilines is 1. The third kappa shape index (κ3) is 4.27. The van der Waals surface area contributed by atoms with Gasteiger partial charge in [-0.25, -0.2) is 4.99 Å². The molecule has 0 saturated carbocycles. The normalized spacial score (nSPS) is 11.2. The second-order valence-corrected chi connectivity index (χ2v) is 5.99. The van der Waals surface area contributed by atoms with Crippen LogP contribution in [0, 0.1) is 13.8 Å². The van der Waals surface area contributed by atoms with Crippen molar-refractivity contribution >= 4 is 17.2 Å². The van der Waals surface area contributed by atoms with E-state index in [1.54, 1.807) is 7.11 Å². The lowest BCUT2D eigenvalue weighted by atomic mass is 10.1. The summed E-state index contributed by atoms with van der Waals surface area (Å²) in [5, 5.41) is 3.43. The smallest absolute Gasteiger partial charge is 0.142 e. The number of para-hydroxylation sites is 1. The van der Waals surface area contributed by atoms with Crippen LogP contribution >= 0.6 is 0 Å². The zero-order chi connectivity index (χ0) is 17.6. The highest BCUT2D eigenvalue weighted by atomic mass is 16.5. The molecule has 3 heteroatoms. The van der Waals surface area contributed by atoms with Gasteiger partial charge in [-0.15, -0.1) is 0 Å². The van der Waals surface area contributed by atoms with E-state index in [4.69, 9.17) is 9.73 Å². The van der Waals surface area contributed by atoms with Crippen molar-refractivity contribution < 1.29 is 4.74 Å². The van der Waals surface area contributed by atoms with Crippen molar-refractivity contribution in [2.45, 2.75) is 13.8 Å².